The Morgan fingerprint density at radius 1 is 0.955 bits per heavy atom. The van der Waals surface area contributed by atoms with Gasteiger partial charge in [-0.25, -0.2) is 4.79 Å². The fraction of sp³-hybridized carbons (Fsp3) is 0.176. The predicted octanol–water partition coefficient (Wildman–Crippen LogP) is 2.87. The van der Waals surface area contributed by atoms with E-state index >= 15 is 0 Å². The molecule has 0 fully saturated rings. The lowest BCUT2D eigenvalue weighted by atomic mass is 10.1. The third-order valence-corrected chi connectivity index (χ3v) is 3.26. The van der Waals surface area contributed by atoms with E-state index in [2.05, 4.69) is 0 Å². The van der Waals surface area contributed by atoms with Gasteiger partial charge in [0.1, 0.15) is 0 Å². The first kappa shape index (κ1) is 15.6. The first-order chi connectivity index (χ1) is 10.6. The van der Waals surface area contributed by atoms with Gasteiger partial charge in [0, 0.05) is 18.8 Å². The van der Waals surface area contributed by atoms with Crippen molar-refractivity contribution in [2.45, 2.75) is 13.0 Å². The van der Waals surface area contributed by atoms with Crippen LogP contribution in [0.1, 0.15) is 22.3 Å². The summed E-state index contributed by atoms with van der Waals surface area (Å²) in [5, 5.41) is 17.9. The highest BCUT2D eigenvalue weighted by atomic mass is 16.4. The molecule has 0 saturated heterocycles. The quantitative estimate of drug-likeness (QED) is 0.822. The molecular formula is C17H17NO4. The number of benzene rings is 2. The molecule has 5 nitrogen and oxygen atoms in total. The lowest BCUT2D eigenvalue weighted by Crippen LogP contribution is -2.25. The second kappa shape index (κ2) is 7.26. The van der Waals surface area contributed by atoms with Gasteiger partial charge in [0.15, 0.2) is 0 Å². The summed E-state index contributed by atoms with van der Waals surface area (Å²) in [6, 6.07) is 16.2. The topological polar surface area (TPSA) is 77.8 Å². The minimum absolute atomic E-state index is 0.0213. The van der Waals surface area contributed by atoms with Gasteiger partial charge in [-0.1, -0.05) is 30.3 Å². The standard InChI is InChI=1S/C17H17NO4/c19-16(20)9-10-18(15-7-2-1-3-8-15)12-13-5-4-6-14(11-13)17(21)22/h1-8,11H,9-10,12H2,(H,19,20)(H,21,22). The molecule has 0 aliphatic carbocycles. The second-order valence-electron chi connectivity index (χ2n) is 4.91. The van der Waals surface area contributed by atoms with Crippen LogP contribution in [0.3, 0.4) is 0 Å². The molecule has 2 aromatic carbocycles. The Bertz CT molecular complexity index is 655. The highest BCUT2D eigenvalue weighted by molar-refractivity contribution is 5.87. The van der Waals surface area contributed by atoms with Crippen LogP contribution in [0.4, 0.5) is 5.69 Å². The summed E-state index contributed by atoms with van der Waals surface area (Å²) in [5.74, 6) is -1.83. The maximum absolute atomic E-state index is 11.0. The Kier molecular flexibility index (Phi) is 5.14. The van der Waals surface area contributed by atoms with E-state index in [1.54, 1.807) is 12.1 Å². The van der Waals surface area contributed by atoms with Gasteiger partial charge in [-0.15, -0.1) is 0 Å². The van der Waals surface area contributed by atoms with Crippen molar-refractivity contribution in [2.24, 2.45) is 0 Å². The van der Waals surface area contributed by atoms with Crippen LogP contribution in [0.5, 0.6) is 0 Å². The van der Waals surface area contributed by atoms with E-state index in [1.807, 2.05) is 41.3 Å². The van der Waals surface area contributed by atoms with Gasteiger partial charge in [-0.2, -0.15) is 0 Å². The van der Waals surface area contributed by atoms with Crippen molar-refractivity contribution in [3.05, 3.63) is 65.7 Å². The van der Waals surface area contributed by atoms with Crippen molar-refractivity contribution in [3.63, 3.8) is 0 Å². The Morgan fingerprint density at radius 2 is 1.68 bits per heavy atom. The molecule has 5 heteroatoms. The van der Waals surface area contributed by atoms with Crippen LogP contribution >= 0.6 is 0 Å². The number of hydrogen-bond acceptors (Lipinski definition) is 3. The molecule has 0 heterocycles. The van der Waals surface area contributed by atoms with Crippen molar-refractivity contribution in [1.29, 1.82) is 0 Å². The zero-order valence-electron chi connectivity index (χ0n) is 12.0. The molecule has 0 saturated carbocycles. The molecule has 0 aliphatic heterocycles. The zero-order valence-corrected chi connectivity index (χ0v) is 12.0. The number of hydrogen-bond donors (Lipinski definition) is 2. The van der Waals surface area contributed by atoms with Crippen LogP contribution in [0, 0.1) is 0 Å². The smallest absolute Gasteiger partial charge is 0.335 e. The fourth-order valence-electron chi connectivity index (χ4n) is 2.19. The molecule has 2 N–H and O–H groups in total. The molecule has 0 amide bonds. The third-order valence-electron chi connectivity index (χ3n) is 3.26. The Labute approximate surface area is 128 Å². The summed E-state index contributed by atoms with van der Waals surface area (Å²) >= 11 is 0. The summed E-state index contributed by atoms with van der Waals surface area (Å²) in [5.41, 5.74) is 1.96. The SMILES string of the molecule is O=C(O)CCN(Cc1cccc(C(=O)O)c1)c1ccccc1. The molecule has 114 valence electrons. The van der Waals surface area contributed by atoms with Gasteiger partial charge < -0.3 is 15.1 Å². The maximum atomic E-state index is 11.0. The molecule has 22 heavy (non-hydrogen) atoms. The first-order valence-electron chi connectivity index (χ1n) is 6.90. The minimum Gasteiger partial charge on any atom is -0.481 e. The van der Waals surface area contributed by atoms with E-state index in [0.717, 1.165) is 11.3 Å². The number of carbonyl (C=O) groups is 2. The van der Waals surface area contributed by atoms with E-state index in [4.69, 9.17) is 10.2 Å². The number of nitrogens with zero attached hydrogens (tertiary/aromatic N) is 1. The second-order valence-corrected chi connectivity index (χ2v) is 4.91. The molecular weight excluding hydrogens is 282 g/mol. The lowest BCUT2D eigenvalue weighted by Gasteiger charge is -2.24. The van der Waals surface area contributed by atoms with Gasteiger partial charge in [0.05, 0.1) is 12.0 Å². The van der Waals surface area contributed by atoms with Crippen molar-refractivity contribution >= 4 is 17.6 Å². The van der Waals surface area contributed by atoms with Crippen molar-refractivity contribution in [3.8, 4) is 0 Å². The number of anilines is 1. The largest absolute Gasteiger partial charge is 0.481 e. The molecule has 0 spiro atoms. The van der Waals surface area contributed by atoms with Gasteiger partial charge in [-0.05, 0) is 29.8 Å². The van der Waals surface area contributed by atoms with Crippen molar-refractivity contribution < 1.29 is 19.8 Å². The number of rotatable bonds is 7. The molecule has 0 unspecified atom stereocenters. The highest BCUT2D eigenvalue weighted by Gasteiger charge is 2.11. The monoisotopic (exact) mass is 299 g/mol. The average Bonchev–Trinajstić information content (AvgIpc) is 2.52. The molecule has 0 radical (unpaired) electrons. The normalized spacial score (nSPS) is 10.2. The number of aliphatic carboxylic acids is 1. The van der Waals surface area contributed by atoms with Crippen LogP contribution in [-0.4, -0.2) is 28.7 Å². The molecule has 2 aromatic rings. The molecule has 0 aliphatic rings. The van der Waals surface area contributed by atoms with Crippen molar-refractivity contribution in [2.75, 3.05) is 11.4 Å². The Balaban J connectivity index is 2.20. The summed E-state index contributed by atoms with van der Waals surface area (Å²) in [6.07, 6.45) is 0.0213. The predicted molar refractivity (Wildman–Crippen MR) is 83.1 cm³/mol. The minimum atomic E-state index is -0.973. The number of aromatic carboxylic acids is 1. The van der Waals surface area contributed by atoms with E-state index < -0.39 is 11.9 Å². The number of carboxylic acids is 2. The number of para-hydroxylation sites is 1. The van der Waals surface area contributed by atoms with Gasteiger partial charge in [-0.3, -0.25) is 4.79 Å². The molecule has 0 atom stereocenters. The van der Waals surface area contributed by atoms with E-state index in [1.165, 1.54) is 6.07 Å². The summed E-state index contributed by atoms with van der Waals surface area (Å²) in [6.45, 7) is 0.815. The zero-order chi connectivity index (χ0) is 15.9. The van der Waals surface area contributed by atoms with Crippen molar-refractivity contribution in [1.82, 2.24) is 0 Å². The van der Waals surface area contributed by atoms with Gasteiger partial charge in [0.2, 0.25) is 0 Å². The average molecular weight is 299 g/mol. The molecule has 0 bridgehead atoms. The summed E-state index contributed by atoms with van der Waals surface area (Å²) < 4.78 is 0. The van der Waals surface area contributed by atoms with Gasteiger partial charge in [0.25, 0.3) is 0 Å². The molecule has 2 rings (SSSR count). The Hall–Kier alpha value is -2.82. The number of carboxylic acid groups (broad SMARTS) is 2. The highest BCUT2D eigenvalue weighted by Crippen LogP contribution is 2.18. The first-order valence-corrected chi connectivity index (χ1v) is 6.90. The fourth-order valence-corrected chi connectivity index (χ4v) is 2.19. The third kappa shape index (κ3) is 4.34. The Morgan fingerprint density at radius 3 is 2.32 bits per heavy atom. The van der Waals surface area contributed by atoms with Crippen LogP contribution < -0.4 is 4.90 Å². The summed E-state index contributed by atoms with van der Waals surface area (Å²) in [7, 11) is 0. The maximum Gasteiger partial charge on any atom is 0.335 e. The van der Waals surface area contributed by atoms with Gasteiger partial charge >= 0.3 is 11.9 Å². The van der Waals surface area contributed by atoms with Crippen LogP contribution in [-0.2, 0) is 11.3 Å². The van der Waals surface area contributed by atoms with E-state index in [9.17, 15) is 9.59 Å². The van der Waals surface area contributed by atoms with E-state index in [-0.39, 0.29) is 12.0 Å². The van der Waals surface area contributed by atoms with Crippen LogP contribution in [0.2, 0.25) is 0 Å². The summed E-state index contributed by atoms with van der Waals surface area (Å²) in [4.78, 5) is 23.8. The van der Waals surface area contributed by atoms with Crippen LogP contribution in [0.25, 0.3) is 0 Å². The van der Waals surface area contributed by atoms with E-state index in [0.29, 0.717) is 13.1 Å². The lowest BCUT2D eigenvalue weighted by molar-refractivity contribution is -0.136. The molecule has 0 aromatic heterocycles. The van der Waals surface area contributed by atoms with Crippen LogP contribution in [0.15, 0.2) is 54.6 Å².